The molecule has 10 aromatic rings. The average molecular weight is 935 g/mol. The summed E-state index contributed by atoms with van der Waals surface area (Å²) in [5.41, 5.74) is 29.9. The van der Waals surface area contributed by atoms with Crippen LogP contribution in [-0.4, -0.2) is 0 Å². The minimum atomic E-state index is -0.143. The van der Waals surface area contributed by atoms with Gasteiger partial charge < -0.3 is 0 Å². The molecule has 338 valence electrons. The van der Waals surface area contributed by atoms with E-state index in [4.69, 9.17) is 0 Å². The molecule has 2 heteroatoms. The van der Waals surface area contributed by atoms with E-state index >= 15 is 0 Å². The lowest BCUT2D eigenvalue weighted by atomic mass is 9.72. The molecule has 0 aliphatic heterocycles. The Labute approximate surface area is 421 Å². The second-order valence-electron chi connectivity index (χ2n) is 22.4. The first-order valence-corrected chi connectivity index (χ1v) is 26.6. The van der Waals surface area contributed by atoms with Crippen LogP contribution in [-0.2, 0) is 21.7 Å². The summed E-state index contributed by atoms with van der Waals surface area (Å²) in [7, 11) is 0. The monoisotopic (exact) mass is 934 g/mol. The molecule has 70 heavy (non-hydrogen) atoms. The molecule has 2 heterocycles. The molecule has 0 fully saturated rings. The van der Waals surface area contributed by atoms with Crippen LogP contribution in [0.15, 0.2) is 182 Å². The topological polar surface area (TPSA) is 0 Å². The lowest BCUT2D eigenvalue weighted by Crippen LogP contribution is -2.24. The van der Waals surface area contributed by atoms with E-state index in [0.29, 0.717) is 0 Å². The molecule has 0 radical (unpaired) electrons. The third-order valence-electron chi connectivity index (χ3n) is 17.1. The minimum absolute atomic E-state index is 0.120. The van der Waals surface area contributed by atoms with Gasteiger partial charge in [0.2, 0.25) is 0 Å². The van der Waals surface area contributed by atoms with Crippen LogP contribution in [0.2, 0.25) is 0 Å². The Morgan fingerprint density at radius 2 is 0.486 bits per heavy atom. The quantitative estimate of drug-likeness (QED) is 0.161. The highest BCUT2D eigenvalue weighted by Crippen LogP contribution is 2.62. The van der Waals surface area contributed by atoms with Crippen molar-refractivity contribution in [1.29, 1.82) is 0 Å². The fourth-order valence-electron chi connectivity index (χ4n) is 13.6. The number of benzene rings is 8. The zero-order valence-electron chi connectivity index (χ0n) is 41.1. The van der Waals surface area contributed by atoms with Gasteiger partial charge in [0.25, 0.3) is 0 Å². The van der Waals surface area contributed by atoms with Crippen molar-refractivity contribution in [3.05, 3.63) is 226 Å². The minimum Gasteiger partial charge on any atom is -0.134 e. The highest BCUT2D eigenvalue weighted by Gasteiger charge is 2.48. The van der Waals surface area contributed by atoms with Gasteiger partial charge in [-0.15, -0.1) is 22.7 Å². The highest BCUT2D eigenvalue weighted by molar-refractivity contribution is 7.25. The van der Waals surface area contributed by atoms with Gasteiger partial charge in [-0.3, -0.25) is 0 Å². The van der Waals surface area contributed by atoms with E-state index in [1.807, 2.05) is 22.7 Å². The zero-order valence-corrected chi connectivity index (χ0v) is 42.8. The van der Waals surface area contributed by atoms with Crippen LogP contribution in [0.3, 0.4) is 0 Å². The summed E-state index contributed by atoms with van der Waals surface area (Å²) in [5.74, 6) is 0. The smallest absolute Gasteiger partial charge is 0.0449 e. The summed E-state index contributed by atoms with van der Waals surface area (Å²) in [6.07, 6.45) is 0. The van der Waals surface area contributed by atoms with Crippen molar-refractivity contribution in [2.45, 2.75) is 77.0 Å². The van der Waals surface area contributed by atoms with E-state index in [2.05, 4.69) is 237 Å². The molecular weight excluding hydrogens is 881 g/mol. The van der Waals surface area contributed by atoms with E-state index in [1.54, 1.807) is 0 Å². The van der Waals surface area contributed by atoms with Gasteiger partial charge in [0.05, 0.1) is 0 Å². The van der Waals surface area contributed by atoms with Crippen LogP contribution < -0.4 is 0 Å². The van der Waals surface area contributed by atoms with Gasteiger partial charge in [-0.25, -0.2) is 0 Å². The molecule has 0 saturated carbocycles. The Bertz CT molecular complexity index is 3610. The van der Waals surface area contributed by atoms with Gasteiger partial charge in [-0.2, -0.15) is 0 Å². The molecule has 0 spiro atoms. The molecule has 8 aromatic carbocycles. The Morgan fingerprint density at radius 3 is 0.800 bits per heavy atom. The molecule has 14 rings (SSSR count). The summed E-state index contributed by atoms with van der Waals surface area (Å²) in [6, 6.07) is 69.4. The lowest BCUT2D eigenvalue weighted by Gasteiger charge is -2.31. The molecular formula is C68H54S2. The van der Waals surface area contributed by atoms with Crippen molar-refractivity contribution in [3.63, 3.8) is 0 Å². The van der Waals surface area contributed by atoms with Gasteiger partial charge in [-0.1, -0.05) is 189 Å². The molecule has 4 aliphatic carbocycles. The van der Waals surface area contributed by atoms with Crippen molar-refractivity contribution in [3.8, 4) is 97.4 Å². The van der Waals surface area contributed by atoms with Crippen LogP contribution in [0.25, 0.3) is 97.4 Å². The molecule has 0 amide bonds. The van der Waals surface area contributed by atoms with Crippen LogP contribution in [0.4, 0.5) is 0 Å². The lowest BCUT2D eigenvalue weighted by molar-refractivity contribution is 0.601. The van der Waals surface area contributed by atoms with E-state index in [0.717, 1.165) is 0 Å². The van der Waals surface area contributed by atoms with E-state index in [-0.39, 0.29) is 21.7 Å². The van der Waals surface area contributed by atoms with E-state index < -0.39 is 0 Å². The summed E-state index contributed by atoms with van der Waals surface area (Å²) >= 11 is 3.83. The maximum atomic E-state index is 2.50. The van der Waals surface area contributed by atoms with Gasteiger partial charge >= 0.3 is 0 Å². The third kappa shape index (κ3) is 5.69. The van der Waals surface area contributed by atoms with Crippen LogP contribution >= 0.6 is 22.7 Å². The molecule has 0 saturated heterocycles. The van der Waals surface area contributed by atoms with Crippen molar-refractivity contribution in [1.82, 2.24) is 0 Å². The molecule has 0 N–H and O–H groups in total. The first kappa shape index (κ1) is 42.1. The van der Waals surface area contributed by atoms with Crippen molar-refractivity contribution < 1.29 is 0 Å². The first-order chi connectivity index (χ1) is 33.7. The van der Waals surface area contributed by atoms with Crippen LogP contribution in [0, 0.1) is 0 Å². The fraction of sp³-hybridized carbons (Fsp3) is 0.176. The Morgan fingerprint density at radius 1 is 0.229 bits per heavy atom. The average Bonchev–Trinajstić information content (AvgIpc) is 4.22. The number of rotatable bonds is 5. The fourth-order valence-corrected chi connectivity index (χ4v) is 15.7. The second kappa shape index (κ2) is 14.4. The highest BCUT2D eigenvalue weighted by atomic mass is 32.1. The molecule has 0 bridgehead atoms. The van der Waals surface area contributed by atoms with E-state index in [9.17, 15) is 0 Å². The number of fused-ring (bicyclic) bond motifs is 14. The van der Waals surface area contributed by atoms with Crippen molar-refractivity contribution in [2.24, 2.45) is 0 Å². The van der Waals surface area contributed by atoms with Crippen LogP contribution in [0.1, 0.15) is 99.9 Å². The van der Waals surface area contributed by atoms with E-state index in [1.165, 1.54) is 142 Å². The predicted octanol–water partition coefficient (Wildman–Crippen LogP) is 19.4. The third-order valence-corrected chi connectivity index (χ3v) is 19.5. The summed E-state index contributed by atoms with van der Waals surface area (Å²) < 4.78 is 0. The summed E-state index contributed by atoms with van der Waals surface area (Å²) in [5, 5.41) is 0. The molecule has 0 nitrogen and oxygen atoms in total. The number of hydrogen-bond donors (Lipinski definition) is 0. The maximum absolute atomic E-state index is 2.50. The van der Waals surface area contributed by atoms with Crippen molar-refractivity contribution in [2.75, 3.05) is 0 Å². The zero-order chi connectivity index (χ0) is 47.6. The number of hydrogen-bond acceptors (Lipinski definition) is 2. The van der Waals surface area contributed by atoms with Gasteiger partial charge in [0.15, 0.2) is 0 Å². The summed E-state index contributed by atoms with van der Waals surface area (Å²) in [6.45, 7) is 19.6. The van der Waals surface area contributed by atoms with Gasteiger partial charge in [0.1, 0.15) is 0 Å². The molecule has 0 atom stereocenters. The second-order valence-corrected chi connectivity index (χ2v) is 24.6. The maximum Gasteiger partial charge on any atom is 0.0449 e. The normalized spacial score (nSPS) is 16.2. The Balaban J connectivity index is 0.753. The summed E-state index contributed by atoms with van der Waals surface area (Å²) in [4.78, 5) is 5.28. The Hall–Kier alpha value is -6.84. The largest absolute Gasteiger partial charge is 0.134 e. The first-order valence-electron chi connectivity index (χ1n) is 25.0. The SMILES string of the molecule is CC1(C)c2cc(-c3ccccc3)ccc2-c2ccc3c(c21)C(C)(C)c1cc(-c2ccc(-c4ccc(-c5ccc6c(c5)C(C)(C)c5c-6ccc6c5C(C)(C)c5cc(-c7ccccc7)ccc5-6)s4)s2)ccc1-3. The molecule has 4 aliphatic rings. The molecule has 2 aromatic heterocycles. The van der Waals surface area contributed by atoms with Gasteiger partial charge in [0, 0.05) is 41.2 Å². The standard InChI is InChI=1S/C68H54S2/c1-65(2)53-35-41(39-15-11-9-12-16-39)19-23-45(53)49-27-29-51-47-25-21-43(37-55(47)67(5,6)63(51)61(49)65)57-31-33-59(69-57)60-34-32-58(70-60)44-22-26-48-52-30-28-50-46-24-20-42(40-17-13-10-14-18-40)36-54(46)66(3,4)62(50)64(52)68(7,8)56(48)38-44/h9-38H,1-8H3. The predicted molar refractivity (Wildman–Crippen MR) is 300 cm³/mol. The van der Waals surface area contributed by atoms with Gasteiger partial charge in [-0.05, 0) is 171 Å². The Kier molecular flexibility index (Phi) is 8.64. The van der Waals surface area contributed by atoms with Crippen LogP contribution in [0.5, 0.6) is 0 Å². The molecule has 0 unspecified atom stereocenters. The van der Waals surface area contributed by atoms with Crippen molar-refractivity contribution >= 4 is 22.7 Å². The number of thiophene rings is 2.